The topological polar surface area (TPSA) is 83.1 Å². The Morgan fingerprint density at radius 1 is 0.492 bits per heavy atom. The third-order valence-corrected chi connectivity index (χ3v) is 16.2. The molecule has 1 saturated carbocycles. The van der Waals surface area contributed by atoms with Crippen LogP contribution in [0.15, 0.2) is 53.0 Å². The molecular formula is C48H70BrClO9. The SMILES string of the molecule is CC1OC2(C3CCCCC3)OCC1(C(C)(C)C)CO2.CC1OC2(c3ccc(Br)cc3)OCC1(C(C)(C)C)CO2.CC1OC2(c3ccc(Cl)cc3)OCC1(C(C)(C)C)CO2. The summed E-state index contributed by atoms with van der Waals surface area (Å²) in [4.78, 5) is 0. The Morgan fingerprint density at radius 2 is 0.831 bits per heavy atom. The minimum Gasteiger partial charge on any atom is -0.326 e. The molecule has 9 saturated heterocycles. The average molecular weight is 906 g/mol. The van der Waals surface area contributed by atoms with Crippen molar-refractivity contribution in [2.45, 2.75) is 151 Å². The molecule has 9 nitrogen and oxygen atoms in total. The minimum absolute atomic E-state index is 0.0105. The van der Waals surface area contributed by atoms with Gasteiger partial charge in [0.1, 0.15) is 0 Å². The maximum atomic E-state index is 6.30. The van der Waals surface area contributed by atoms with Gasteiger partial charge in [-0.2, -0.15) is 0 Å². The van der Waals surface area contributed by atoms with Crippen molar-refractivity contribution in [3.8, 4) is 0 Å². The van der Waals surface area contributed by atoms with Gasteiger partial charge >= 0.3 is 11.9 Å². The van der Waals surface area contributed by atoms with Gasteiger partial charge < -0.3 is 42.6 Å². The van der Waals surface area contributed by atoms with Crippen molar-refractivity contribution >= 4 is 27.5 Å². The molecule has 1 aliphatic carbocycles. The highest BCUT2D eigenvalue weighted by Gasteiger charge is 2.65. The Hall–Kier alpha value is -1.15. The van der Waals surface area contributed by atoms with Gasteiger partial charge in [-0.25, -0.2) is 0 Å². The van der Waals surface area contributed by atoms with E-state index in [9.17, 15) is 0 Å². The number of halogens is 2. The van der Waals surface area contributed by atoms with Crippen LogP contribution in [0.5, 0.6) is 0 Å². The number of benzene rings is 2. The van der Waals surface area contributed by atoms with Crippen LogP contribution in [-0.2, 0) is 54.6 Å². The van der Waals surface area contributed by atoms with Crippen molar-refractivity contribution in [1.29, 1.82) is 0 Å². The van der Waals surface area contributed by atoms with Gasteiger partial charge in [-0.15, -0.1) is 0 Å². The Morgan fingerprint density at radius 3 is 1.17 bits per heavy atom. The van der Waals surface area contributed by atoms with Crippen molar-refractivity contribution in [2.24, 2.45) is 38.4 Å². The van der Waals surface area contributed by atoms with Gasteiger partial charge in [-0.05, 0) is 98.4 Å². The van der Waals surface area contributed by atoms with Crippen LogP contribution < -0.4 is 0 Å². The van der Waals surface area contributed by atoms with E-state index in [1.54, 1.807) is 0 Å². The van der Waals surface area contributed by atoms with Gasteiger partial charge in [0.2, 0.25) is 0 Å². The van der Waals surface area contributed by atoms with E-state index < -0.39 is 17.9 Å². The Balaban J connectivity index is 0.000000134. The summed E-state index contributed by atoms with van der Waals surface area (Å²) in [5.41, 5.74) is 1.81. The molecule has 9 aliphatic heterocycles. The van der Waals surface area contributed by atoms with Gasteiger partial charge in [0.15, 0.2) is 0 Å². The molecule has 10 fully saturated rings. The molecule has 11 heteroatoms. The number of hydrogen-bond acceptors (Lipinski definition) is 9. The zero-order valence-corrected chi connectivity index (χ0v) is 40.0. The Labute approximate surface area is 367 Å². The van der Waals surface area contributed by atoms with E-state index in [2.05, 4.69) is 99.0 Å². The molecular weight excluding hydrogens is 836 g/mol. The third kappa shape index (κ3) is 7.93. The van der Waals surface area contributed by atoms with E-state index in [0.717, 1.165) is 28.8 Å². The van der Waals surface area contributed by atoms with E-state index in [-0.39, 0.29) is 50.8 Å². The van der Waals surface area contributed by atoms with E-state index in [0.29, 0.717) is 37.4 Å². The zero-order chi connectivity index (χ0) is 42.9. The van der Waals surface area contributed by atoms with E-state index >= 15 is 0 Å². The van der Waals surface area contributed by atoms with Crippen LogP contribution in [0.25, 0.3) is 0 Å². The largest absolute Gasteiger partial charge is 0.326 e. The highest BCUT2D eigenvalue weighted by molar-refractivity contribution is 9.10. The molecule has 0 N–H and O–H groups in total. The molecule has 0 radical (unpaired) electrons. The first-order valence-electron chi connectivity index (χ1n) is 21.9. The van der Waals surface area contributed by atoms with Crippen molar-refractivity contribution in [1.82, 2.24) is 0 Å². The predicted octanol–water partition coefficient (Wildman–Crippen LogP) is 11.7. The first-order chi connectivity index (χ1) is 27.5. The summed E-state index contributed by atoms with van der Waals surface area (Å²) in [6.45, 7) is 30.7. The van der Waals surface area contributed by atoms with Crippen LogP contribution in [0, 0.1) is 38.4 Å². The van der Waals surface area contributed by atoms with Crippen LogP contribution in [-0.4, -0.2) is 63.9 Å². The second-order valence-electron chi connectivity index (χ2n) is 21.3. The molecule has 10 aliphatic rings. The van der Waals surface area contributed by atoms with Crippen molar-refractivity contribution in [3.05, 3.63) is 69.2 Å². The third-order valence-electron chi connectivity index (χ3n) is 15.5. The van der Waals surface area contributed by atoms with Crippen molar-refractivity contribution < 1.29 is 42.6 Å². The lowest BCUT2D eigenvalue weighted by atomic mass is 9.63. The summed E-state index contributed by atoms with van der Waals surface area (Å²) >= 11 is 9.38. The van der Waals surface area contributed by atoms with Gasteiger partial charge in [-0.3, -0.25) is 0 Å². The predicted molar refractivity (Wildman–Crippen MR) is 231 cm³/mol. The van der Waals surface area contributed by atoms with E-state index in [4.69, 9.17) is 54.2 Å². The molecule has 3 atom stereocenters. The fourth-order valence-electron chi connectivity index (χ4n) is 10.3. The first-order valence-corrected chi connectivity index (χ1v) is 23.0. The highest BCUT2D eigenvalue weighted by Crippen LogP contribution is 2.58. The summed E-state index contributed by atoms with van der Waals surface area (Å²) in [5.74, 6) is -2.42. The van der Waals surface area contributed by atoms with Crippen LogP contribution >= 0.6 is 27.5 Å². The summed E-state index contributed by atoms with van der Waals surface area (Å²) in [6.07, 6.45) is 6.62. The lowest BCUT2D eigenvalue weighted by Crippen LogP contribution is -2.69. The Bertz CT molecular complexity index is 1640. The first kappa shape index (κ1) is 45.9. The standard InChI is InChI=1S/C16H21BrO3.C16H21ClO3.C16H28O3/c2*1-11-15(14(2,3)4)9-18-16(20-11,19-10-15)12-5-7-13(17)8-6-12;1-12-15(14(2,3)4)10-17-16(19-12,18-11-15)13-8-6-5-7-9-13/h2*5-8,11H,9-10H2,1-4H3;12-13H,5-11H2,1-4H3. The molecule has 9 heterocycles. The van der Waals surface area contributed by atoms with Gasteiger partial charge in [0, 0.05) is 42.8 Å². The van der Waals surface area contributed by atoms with Gasteiger partial charge in [0.25, 0.3) is 5.97 Å². The van der Waals surface area contributed by atoms with Crippen molar-refractivity contribution in [2.75, 3.05) is 39.6 Å². The lowest BCUT2D eigenvalue weighted by Gasteiger charge is -2.62. The van der Waals surface area contributed by atoms with E-state index in [1.807, 2.05) is 48.5 Å². The fourth-order valence-corrected chi connectivity index (χ4v) is 10.6. The second-order valence-corrected chi connectivity index (χ2v) is 22.6. The van der Waals surface area contributed by atoms with E-state index in [1.165, 1.54) is 32.1 Å². The number of rotatable bonds is 3. The van der Waals surface area contributed by atoms with Gasteiger partial charge in [-0.1, -0.05) is 109 Å². The normalized spacial score (nSPS) is 39.5. The number of ether oxygens (including phenoxy) is 9. The van der Waals surface area contributed by atoms with Crippen LogP contribution in [0.4, 0.5) is 0 Å². The summed E-state index contributed by atoms with van der Waals surface area (Å²) in [7, 11) is 0. The molecule has 6 bridgehead atoms. The Kier molecular flexibility index (Phi) is 12.5. The van der Waals surface area contributed by atoms with Crippen molar-refractivity contribution in [3.63, 3.8) is 0 Å². The monoisotopic (exact) mass is 904 g/mol. The van der Waals surface area contributed by atoms with Crippen LogP contribution in [0.2, 0.25) is 5.02 Å². The highest BCUT2D eigenvalue weighted by atomic mass is 79.9. The molecule has 2 aromatic carbocycles. The fraction of sp³-hybridized carbons (Fsp3) is 0.750. The maximum absolute atomic E-state index is 6.30. The molecule has 0 spiro atoms. The lowest BCUT2D eigenvalue weighted by molar-refractivity contribution is -0.514. The average Bonchev–Trinajstić information content (AvgIpc) is 3.19. The summed E-state index contributed by atoms with van der Waals surface area (Å²) in [6, 6.07) is 15.3. The molecule has 59 heavy (non-hydrogen) atoms. The molecule has 0 aromatic heterocycles. The minimum atomic E-state index is -1.07. The summed E-state index contributed by atoms with van der Waals surface area (Å²) < 4.78 is 56.0. The molecule has 2 aromatic rings. The maximum Gasteiger partial charge on any atom is 0.312 e. The number of hydrogen-bond donors (Lipinski definition) is 0. The molecule has 12 rings (SSSR count). The molecule has 3 unspecified atom stereocenters. The second kappa shape index (κ2) is 16.1. The smallest absolute Gasteiger partial charge is 0.312 e. The summed E-state index contributed by atoms with van der Waals surface area (Å²) in [5, 5.41) is 0.689. The van der Waals surface area contributed by atoms with Gasteiger partial charge in [0.05, 0.1) is 58.0 Å². The zero-order valence-electron chi connectivity index (χ0n) is 37.6. The quantitative estimate of drug-likeness (QED) is 0.299. The van der Waals surface area contributed by atoms with Crippen LogP contribution in [0.3, 0.4) is 0 Å². The molecule has 0 amide bonds. The number of fused-ring (bicyclic) bond motifs is 9. The molecule has 330 valence electrons. The van der Waals surface area contributed by atoms with Crippen LogP contribution in [0.1, 0.15) is 126 Å².